The maximum absolute atomic E-state index is 10.8. The topological polar surface area (TPSA) is 17.1 Å². The third kappa shape index (κ3) is 1.38. The van der Waals surface area contributed by atoms with E-state index in [1.807, 2.05) is 25.1 Å². The lowest BCUT2D eigenvalue weighted by atomic mass is 10.1. The predicted octanol–water partition coefficient (Wildman–Crippen LogP) is 3.31. The quantitative estimate of drug-likeness (QED) is 0.562. The molecule has 0 bridgehead atoms. The highest BCUT2D eigenvalue weighted by atomic mass is 32.1. The first kappa shape index (κ1) is 8.78. The van der Waals surface area contributed by atoms with Crippen molar-refractivity contribution in [2.24, 2.45) is 0 Å². The summed E-state index contributed by atoms with van der Waals surface area (Å²) in [5.41, 5.74) is 0.802. The number of aldehydes is 1. The fraction of sp³-hybridized carbons (Fsp3) is 0.100. The molecule has 0 saturated heterocycles. The summed E-state index contributed by atoms with van der Waals surface area (Å²) in [6, 6.07) is 5.88. The molecule has 1 nitrogen and oxygen atoms in total. The molecule has 2 rings (SSSR count). The number of fused-ring (bicyclic) bond motifs is 1. The molecule has 0 radical (unpaired) electrons. The number of hydrogen-bond donors (Lipinski definition) is 1. The molecule has 0 N–H and O–H groups in total. The van der Waals surface area contributed by atoms with Crippen LogP contribution in [-0.4, -0.2) is 6.29 Å². The average molecular weight is 208 g/mol. The van der Waals surface area contributed by atoms with Gasteiger partial charge in [0.25, 0.3) is 0 Å². The van der Waals surface area contributed by atoms with E-state index in [4.69, 9.17) is 0 Å². The standard InChI is InChI=1S/C10H8OS2/c1-6-9(5-11)8-4-7(12)2-3-10(8)13-6/h2-5,12H,1H3. The number of hydrogen-bond acceptors (Lipinski definition) is 3. The van der Waals surface area contributed by atoms with E-state index < -0.39 is 0 Å². The van der Waals surface area contributed by atoms with Crippen LogP contribution in [0, 0.1) is 6.92 Å². The molecule has 2 aromatic rings. The highest BCUT2D eigenvalue weighted by molar-refractivity contribution is 7.80. The van der Waals surface area contributed by atoms with Gasteiger partial charge in [-0.1, -0.05) is 0 Å². The lowest BCUT2D eigenvalue weighted by Gasteiger charge is -1.92. The summed E-state index contributed by atoms with van der Waals surface area (Å²) < 4.78 is 1.15. The minimum Gasteiger partial charge on any atom is -0.298 e. The summed E-state index contributed by atoms with van der Waals surface area (Å²) in [6.45, 7) is 1.96. The first-order valence-electron chi connectivity index (χ1n) is 3.89. The van der Waals surface area contributed by atoms with E-state index >= 15 is 0 Å². The molecule has 0 saturated carbocycles. The number of rotatable bonds is 1. The van der Waals surface area contributed by atoms with Gasteiger partial charge in [0.1, 0.15) is 0 Å². The van der Waals surface area contributed by atoms with Gasteiger partial charge in [-0.05, 0) is 25.1 Å². The third-order valence-corrected chi connectivity index (χ3v) is 3.39. The van der Waals surface area contributed by atoms with Crippen LogP contribution in [0.2, 0.25) is 0 Å². The molecule has 3 heteroatoms. The molecular formula is C10H8OS2. The van der Waals surface area contributed by atoms with Crippen molar-refractivity contribution in [1.82, 2.24) is 0 Å². The Morgan fingerprint density at radius 3 is 2.92 bits per heavy atom. The van der Waals surface area contributed by atoms with E-state index in [0.717, 1.165) is 31.7 Å². The zero-order chi connectivity index (χ0) is 9.42. The lowest BCUT2D eigenvalue weighted by molar-refractivity contribution is 0.112. The van der Waals surface area contributed by atoms with Crippen molar-refractivity contribution in [3.05, 3.63) is 28.6 Å². The van der Waals surface area contributed by atoms with E-state index in [2.05, 4.69) is 12.6 Å². The van der Waals surface area contributed by atoms with E-state index in [1.54, 1.807) is 11.3 Å². The maximum Gasteiger partial charge on any atom is 0.151 e. The molecule has 0 unspecified atom stereocenters. The smallest absolute Gasteiger partial charge is 0.151 e. The first-order valence-corrected chi connectivity index (χ1v) is 5.16. The molecule has 0 spiro atoms. The number of benzene rings is 1. The normalized spacial score (nSPS) is 10.6. The monoisotopic (exact) mass is 208 g/mol. The summed E-state index contributed by atoms with van der Waals surface area (Å²) in [7, 11) is 0. The van der Waals surface area contributed by atoms with E-state index in [-0.39, 0.29) is 0 Å². The third-order valence-electron chi connectivity index (χ3n) is 2.01. The Morgan fingerprint density at radius 1 is 1.46 bits per heavy atom. The molecule has 0 aliphatic rings. The van der Waals surface area contributed by atoms with Crippen LogP contribution in [0.5, 0.6) is 0 Å². The van der Waals surface area contributed by atoms with Gasteiger partial charge in [-0.25, -0.2) is 0 Å². The highest BCUT2D eigenvalue weighted by Gasteiger charge is 2.07. The largest absolute Gasteiger partial charge is 0.298 e. The van der Waals surface area contributed by atoms with Crippen molar-refractivity contribution in [2.45, 2.75) is 11.8 Å². The Morgan fingerprint density at radius 2 is 2.23 bits per heavy atom. The Hall–Kier alpha value is -0.800. The minimum absolute atomic E-state index is 0.802. The number of thiophene rings is 1. The summed E-state index contributed by atoms with van der Waals surface area (Å²) in [5, 5.41) is 1.02. The summed E-state index contributed by atoms with van der Waals surface area (Å²) in [5.74, 6) is 0. The van der Waals surface area contributed by atoms with Crippen molar-refractivity contribution in [3.63, 3.8) is 0 Å². The minimum atomic E-state index is 0.802. The molecule has 0 aliphatic heterocycles. The summed E-state index contributed by atoms with van der Waals surface area (Å²) in [4.78, 5) is 12.8. The van der Waals surface area contributed by atoms with Gasteiger partial charge in [-0.15, -0.1) is 24.0 Å². The number of carbonyl (C=O) groups excluding carboxylic acids is 1. The van der Waals surface area contributed by atoms with Gasteiger partial charge in [0.2, 0.25) is 0 Å². The molecule has 1 aromatic heterocycles. The number of carbonyl (C=O) groups is 1. The first-order chi connectivity index (χ1) is 6.22. The molecule has 0 aliphatic carbocycles. The van der Waals surface area contributed by atoms with Crippen molar-refractivity contribution in [1.29, 1.82) is 0 Å². The van der Waals surface area contributed by atoms with Crippen molar-refractivity contribution in [2.75, 3.05) is 0 Å². The van der Waals surface area contributed by atoms with Crippen LogP contribution < -0.4 is 0 Å². The second-order valence-corrected chi connectivity index (χ2v) is 4.64. The second kappa shape index (κ2) is 3.16. The van der Waals surface area contributed by atoms with Crippen LogP contribution in [0.1, 0.15) is 15.2 Å². The van der Waals surface area contributed by atoms with Gasteiger partial charge in [-0.3, -0.25) is 4.79 Å². The van der Waals surface area contributed by atoms with Crippen molar-refractivity contribution in [3.8, 4) is 0 Å². The van der Waals surface area contributed by atoms with Crippen LogP contribution in [0.15, 0.2) is 23.1 Å². The van der Waals surface area contributed by atoms with E-state index in [0.29, 0.717) is 0 Å². The fourth-order valence-electron chi connectivity index (χ4n) is 1.37. The van der Waals surface area contributed by atoms with Crippen LogP contribution in [-0.2, 0) is 0 Å². The molecule has 0 fully saturated rings. The molecule has 0 atom stereocenters. The summed E-state index contributed by atoms with van der Waals surface area (Å²) >= 11 is 5.89. The van der Waals surface area contributed by atoms with Crippen LogP contribution in [0.25, 0.3) is 10.1 Å². The van der Waals surface area contributed by atoms with Gasteiger partial charge >= 0.3 is 0 Å². The van der Waals surface area contributed by atoms with E-state index in [9.17, 15) is 4.79 Å². The zero-order valence-corrected chi connectivity index (χ0v) is 8.78. The molecule has 0 amide bonds. The van der Waals surface area contributed by atoms with Crippen LogP contribution >= 0.6 is 24.0 Å². The fourth-order valence-corrected chi connectivity index (χ4v) is 2.59. The van der Waals surface area contributed by atoms with Crippen LogP contribution in [0.3, 0.4) is 0 Å². The summed E-state index contributed by atoms with van der Waals surface area (Å²) in [6.07, 6.45) is 0.918. The van der Waals surface area contributed by atoms with Gasteiger partial charge < -0.3 is 0 Å². The Kier molecular flexibility index (Phi) is 2.14. The Labute approximate surface area is 85.8 Å². The lowest BCUT2D eigenvalue weighted by Crippen LogP contribution is -1.78. The molecule has 1 heterocycles. The second-order valence-electron chi connectivity index (χ2n) is 2.87. The van der Waals surface area contributed by atoms with Gasteiger partial charge in [0.05, 0.1) is 0 Å². The van der Waals surface area contributed by atoms with Crippen LogP contribution in [0.4, 0.5) is 0 Å². The van der Waals surface area contributed by atoms with Gasteiger partial charge in [-0.2, -0.15) is 0 Å². The average Bonchev–Trinajstić information content (AvgIpc) is 2.40. The molecule has 1 aromatic carbocycles. The molecular weight excluding hydrogens is 200 g/mol. The van der Waals surface area contributed by atoms with Gasteiger partial charge in [0.15, 0.2) is 6.29 Å². The Bertz CT molecular complexity index is 471. The van der Waals surface area contributed by atoms with Crippen molar-refractivity contribution < 1.29 is 4.79 Å². The number of aryl methyl sites for hydroxylation is 1. The highest BCUT2D eigenvalue weighted by Crippen LogP contribution is 2.30. The Balaban J connectivity index is 2.88. The van der Waals surface area contributed by atoms with Gasteiger partial charge in [0, 0.05) is 25.4 Å². The maximum atomic E-state index is 10.8. The molecule has 66 valence electrons. The van der Waals surface area contributed by atoms with E-state index in [1.165, 1.54) is 0 Å². The predicted molar refractivity (Wildman–Crippen MR) is 59.2 cm³/mol. The zero-order valence-electron chi connectivity index (χ0n) is 7.07. The van der Waals surface area contributed by atoms with Crippen molar-refractivity contribution >= 4 is 40.3 Å². The molecule has 13 heavy (non-hydrogen) atoms. The number of thiol groups is 1. The SMILES string of the molecule is Cc1sc2ccc(S)cc2c1C=O.